The molecule has 5 heteroatoms. The number of alkyl halides is 3. The van der Waals surface area contributed by atoms with Gasteiger partial charge in [-0.2, -0.15) is 13.2 Å². The maximum Gasteiger partial charge on any atom is 0.416 e. The van der Waals surface area contributed by atoms with Gasteiger partial charge in [-0.05, 0) is 18.6 Å². The Bertz CT molecular complexity index is 704. The highest BCUT2D eigenvalue weighted by Gasteiger charge is 2.34. The maximum atomic E-state index is 13.1. The fourth-order valence-corrected chi connectivity index (χ4v) is 3.61. The van der Waals surface area contributed by atoms with E-state index in [-0.39, 0.29) is 0 Å². The van der Waals surface area contributed by atoms with Crippen LogP contribution in [0.15, 0.2) is 48.5 Å². The van der Waals surface area contributed by atoms with Gasteiger partial charge in [-0.15, -0.1) is 0 Å². The first-order chi connectivity index (χ1) is 11.9. The lowest BCUT2D eigenvalue weighted by Gasteiger charge is -2.30. The van der Waals surface area contributed by atoms with Gasteiger partial charge in [0.2, 0.25) is 0 Å². The molecule has 1 saturated heterocycles. The molecule has 0 saturated carbocycles. The van der Waals surface area contributed by atoms with Crippen molar-refractivity contribution in [2.45, 2.75) is 26.2 Å². The largest absolute Gasteiger partial charge is 0.416 e. The minimum absolute atomic E-state index is 0.410. The van der Waals surface area contributed by atoms with Crippen molar-refractivity contribution in [3.63, 3.8) is 0 Å². The number of piperazine rings is 1. The van der Waals surface area contributed by atoms with Crippen LogP contribution < -0.4 is 9.80 Å². The SMILES string of the molecule is Cc1ccccc1C[NH+]1CC[NH+](Cc2ccccc2C(F)(F)F)CC1. The van der Waals surface area contributed by atoms with E-state index in [4.69, 9.17) is 0 Å². The summed E-state index contributed by atoms with van der Waals surface area (Å²) in [6.07, 6.45) is -4.27. The van der Waals surface area contributed by atoms with Crippen molar-refractivity contribution in [1.29, 1.82) is 0 Å². The normalized spacial score (nSPS) is 21.3. The van der Waals surface area contributed by atoms with E-state index in [1.807, 2.05) is 6.07 Å². The van der Waals surface area contributed by atoms with Crippen molar-refractivity contribution in [3.8, 4) is 0 Å². The van der Waals surface area contributed by atoms with Gasteiger partial charge >= 0.3 is 6.18 Å². The third-order valence-corrected chi connectivity index (χ3v) is 5.13. The van der Waals surface area contributed by atoms with E-state index < -0.39 is 11.7 Å². The average Bonchev–Trinajstić information content (AvgIpc) is 2.58. The van der Waals surface area contributed by atoms with Gasteiger partial charge in [0.1, 0.15) is 39.3 Å². The molecule has 2 nitrogen and oxygen atoms in total. The Morgan fingerprint density at radius 1 is 0.760 bits per heavy atom. The van der Waals surface area contributed by atoms with Gasteiger partial charge in [0.15, 0.2) is 0 Å². The van der Waals surface area contributed by atoms with Gasteiger partial charge in [-0.25, -0.2) is 0 Å². The predicted octanol–water partition coefficient (Wildman–Crippen LogP) is 1.50. The topological polar surface area (TPSA) is 8.88 Å². The molecular formula is C20H25F3N2+2. The Morgan fingerprint density at radius 3 is 1.80 bits per heavy atom. The van der Waals surface area contributed by atoms with Gasteiger partial charge in [0.25, 0.3) is 0 Å². The zero-order valence-corrected chi connectivity index (χ0v) is 14.5. The van der Waals surface area contributed by atoms with Crippen LogP contribution in [-0.4, -0.2) is 26.2 Å². The van der Waals surface area contributed by atoms with Crippen molar-refractivity contribution >= 4 is 0 Å². The first-order valence-electron chi connectivity index (χ1n) is 8.80. The monoisotopic (exact) mass is 350 g/mol. The molecule has 1 aliphatic heterocycles. The Hall–Kier alpha value is -1.85. The fourth-order valence-electron chi connectivity index (χ4n) is 3.61. The first kappa shape index (κ1) is 18.0. The van der Waals surface area contributed by atoms with Gasteiger partial charge < -0.3 is 9.80 Å². The number of quaternary nitrogens is 2. The summed E-state index contributed by atoms with van der Waals surface area (Å²) in [6.45, 7) is 7.40. The molecule has 1 heterocycles. The third kappa shape index (κ3) is 4.61. The van der Waals surface area contributed by atoms with E-state index in [1.165, 1.54) is 33.1 Å². The fraction of sp³-hybridized carbons (Fsp3) is 0.400. The Labute approximate surface area is 146 Å². The van der Waals surface area contributed by atoms with Crippen LogP contribution in [0.1, 0.15) is 22.3 Å². The number of hydrogen-bond donors (Lipinski definition) is 2. The van der Waals surface area contributed by atoms with E-state index >= 15 is 0 Å². The van der Waals surface area contributed by atoms with E-state index in [1.54, 1.807) is 12.1 Å². The third-order valence-electron chi connectivity index (χ3n) is 5.13. The standard InChI is InChI=1S/C20H23F3N2/c1-16-6-2-3-7-17(16)14-24-10-12-25(13-11-24)15-18-8-4-5-9-19(18)20(21,22)23/h2-9H,10-15H2,1H3/p+2. The Morgan fingerprint density at radius 2 is 1.24 bits per heavy atom. The molecule has 0 amide bonds. The van der Waals surface area contributed by atoms with Crippen molar-refractivity contribution in [2.24, 2.45) is 0 Å². The van der Waals surface area contributed by atoms with Crippen LogP contribution in [0.5, 0.6) is 0 Å². The summed E-state index contributed by atoms with van der Waals surface area (Å²) in [5.41, 5.74) is 2.59. The predicted molar refractivity (Wildman–Crippen MR) is 91.4 cm³/mol. The van der Waals surface area contributed by atoms with Gasteiger partial charge in [0.05, 0.1) is 5.56 Å². The number of nitrogens with one attached hydrogen (secondary N) is 2. The molecular weight excluding hydrogens is 325 g/mol. The van der Waals surface area contributed by atoms with Crippen LogP contribution in [0.25, 0.3) is 0 Å². The van der Waals surface area contributed by atoms with E-state index in [2.05, 4.69) is 25.1 Å². The molecule has 3 rings (SSSR count). The highest BCUT2D eigenvalue weighted by Crippen LogP contribution is 2.31. The molecule has 0 unspecified atom stereocenters. The zero-order chi connectivity index (χ0) is 17.9. The van der Waals surface area contributed by atoms with Gasteiger partial charge in [-0.1, -0.05) is 42.5 Å². The maximum absolute atomic E-state index is 13.1. The van der Waals surface area contributed by atoms with Crippen LogP contribution in [0.3, 0.4) is 0 Å². The first-order valence-corrected chi connectivity index (χ1v) is 8.80. The van der Waals surface area contributed by atoms with Crippen molar-refractivity contribution in [3.05, 3.63) is 70.8 Å². The smallest absolute Gasteiger partial charge is 0.322 e. The Balaban J connectivity index is 1.58. The summed E-state index contributed by atoms with van der Waals surface area (Å²) in [4.78, 5) is 2.76. The molecule has 0 bridgehead atoms. The van der Waals surface area contributed by atoms with Crippen LogP contribution in [0.2, 0.25) is 0 Å². The molecule has 2 N–H and O–H groups in total. The number of rotatable bonds is 4. The lowest BCUT2D eigenvalue weighted by atomic mass is 10.1. The molecule has 134 valence electrons. The number of aryl methyl sites for hydroxylation is 1. The number of benzene rings is 2. The van der Waals surface area contributed by atoms with Crippen LogP contribution >= 0.6 is 0 Å². The van der Waals surface area contributed by atoms with Crippen LogP contribution in [0.4, 0.5) is 13.2 Å². The molecule has 0 spiro atoms. The Kier molecular flexibility index (Phi) is 5.45. The van der Waals surface area contributed by atoms with Crippen molar-refractivity contribution in [2.75, 3.05) is 26.2 Å². The molecule has 2 aromatic carbocycles. The molecule has 1 aliphatic rings. The molecule has 0 radical (unpaired) electrons. The number of halogens is 3. The zero-order valence-electron chi connectivity index (χ0n) is 14.5. The van der Waals surface area contributed by atoms with Gasteiger partial charge in [-0.3, -0.25) is 0 Å². The summed E-state index contributed by atoms with van der Waals surface area (Å²) in [5, 5.41) is 0. The molecule has 0 aliphatic carbocycles. The quantitative estimate of drug-likeness (QED) is 0.827. The second-order valence-corrected chi connectivity index (χ2v) is 6.93. The average molecular weight is 350 g/mol. The van der Waals surface area contributed by atoms with Crippen molar-refractivity contribution in [1.82, 2.24) is 0 Å². The highest BCUT2D eigenvalue weighted by atomic mass is 19.4. The lowest BCUT2D eigenvalue weighted by Crippen LogP contribution is -3.27. The molecule has 2 aromatic rings. The minimum Gasteiger partial charge on any atom is -0.322 e. The summed E-state index contributed by atoms with van der Waals surface area (Å²) in [5.74, 6) is 0. The lowest BCUT2D eigenvalue weighted by molar-refractivity contribution is -1.02. The molecule has 1 fully saturated rings. The summed E-state index contributed by atoms with van der Waals surface area (Å²) in [7, 11) is 0. The van der Waals surface area contributed by atoms with Gasteiger partial charge in [0, 0.05) is 11.1 Å². The summed E-state index contributed by atoms with van der Waals surface area (Å²) >= 11 is 0. The molecule has 25 heavy (non-hydrogen) atoms. The number of hydrogen-bond acceptors (Lipinski definition) is 0. The summed E-state index contributed by atoms with van der Waals surface area (Å²) in [6, 6.07) is 14.4. The molecule has 0 aromatic heterocycles. The van der Waals surface area contributed by atoms with Crippen molar-refractivity contribution < 1.29 is 23.0 Å². The summed E-state index contributed by atoms with van der Waals surface area (Å²) < 4.78 is 39.4. The minimum atomic E-state index is -4.27. The van der Waals surface area contributed by atoms with E-state index in [0.717, 1.165) is 32.7 Å². The van der Waals surface area contributed by atoms with E-state index in [0.29, 0.717) is 12.1 Å². The van der Waals surface area contributed by atoms with Crippen LogP contribution in [0, 0.1) is 6.92 Å². The highest BCUT2D eigenvalue weighted by molar-refractivity contribution is 5.28. The van der Waals surface area contributed by atoms with E-state index in [9.17, 15) is 13.2 Å². The second kappa shape index (κ2) is 7.58. The second-order valence-electron chi connectivity index (χ2n) is 6.93. The molecule has 0 atom stereocenters. The van der Waals surface area contributed by atoms with Crippen LogP contribution in [-0.2, 0) is 19.3 Å².